The number of nitrogens with zero attached hydrogens (tertiary/aromatic N) is 5. The van der Waals surface area contributed by atoms with Gasteiger partial charge in [0.1, 0.15) is 0 Å². The highest BCUT2D eigenvalue weighted by Gasteiger charge is 2.38. The molecule has 14 rings (SSSR count). The van der Waals surface area contributed by atoms with Gasteiger partial charge in [0.05, 0.1) is 22.1 Å². The van der Waals surface area contributed by atoms with Gasteiger partial charge in [0.2, 0.25) is 5.95 Å². The number of para-hydroxylation sites is 1. The van der Waals surface area contributed by atoms with Crippen molar-refractivity contribution in [3.05, 3.63) is 199 Å². The molecule has 0 radical (unpaired) electrons. The number of rotatable bonds is 4. The number of benzene rings is 10. The van der Waals surface area contributed by atoms with Crippen molar-refractivity contribution in [2.75, 3.05) is 0 Å². The third-order valence-electron chi connectivity index (χ3n) is 15.4. The summed E-state index contributed by atoms with van der Waals surface area (Å²) >= 11 is 0. The zero-order valence-corrected chi connectivity index (χ0v) is 38.5. The minimum Gasteiger partial charge on any atom is -0.309 e. The Morgan fingerprint density at radius 2 is 0.853 bits per heavy atom. The van der Waals surface area contributed by atoms with E-state index in [4.69, 9.17) is 15.0 Å². The quantitative estimate of drug-likeness (QED) is 0.166. The van der Waals surface area contributed by atoms with E-state index in [0.29, 0.717) is 17.6 Å². The molecule has 5 heteroatoms. The molecule has 10 aromatic carbocycles. The summed E-state index contributed by atoms with van der Waals surface area (Å²) < 4.78 is 4.80. The molecule has 13 aromatic rings. The molecule has 0 N–H and O–H groups in total. The average Bonchev–Trinajstić information content (AvgIpc) is 3.90. The van der Waals surface area contributed by atoms with Crippen LogP contribution >= 0.6 is 0 Å². The molecule has 0 bridgehead atoms. The number of fused-ring (bicyclic) bond motifs is 16. The second-order valence-electron chi connectivity index (χ2n) is 20.2. The highest BCUT2D eigenvalue weighted by Crippen LogP contribution is 2.51. The van der Waals surface area contributed by atoms with E-state index in [9.17, 15) is 0 Å². The number of aromatic nitrogens is 5. The van der Waals surface area contributed by atoms with Crippen molar-refractivity contribution in [3.8, 4) is 34.4 Å². The molecule has 0 aliphatic heterocycles. The third kappa shape index (κ3) is 5.59. The lowest BCUT2D eigenvalue weighted by atomic mass is 9.63. The lowest BCUT2D eigenvalue weighted by molar-refractivity contribution is 0.332. The van der Waals surface area contributed by atoms with Gasteiger partial charge in [-0.3, -0.25) is 4.57 Å². The highest BCUT2D eigenvalue weighted by molar-refractivity contribution is 6.33. The van der Waals surface area contributed by atoms with Gasteiger partial charge in [0.15, 0.2) is 11.6 Å². The summed E-state index contributed by atoms with van der Waals surface area (Å²) in [6.07, 6.45) is 2.30. The van der Waals surface area contributed by atoms with Gasteiger partial charge in [0, 0.05) is 38.4 Å². The fourth-order valence-corrected chi connectivity index (χ4v) is 11.9. The molecule has 0 fully saturated rings. The Hall–Kier alpha value is -8.15. The van der Waals surface area contributed by atoms with E-state index in [1.54, 1.807) is 0 Å². The van der Waals surface area contributed by atoms with Gasteiger partial charge in [0.25, 0.3) is 0 Å². The first-order chi connectivity index (χ1) is 33.2. The maximum absolute atomic E-state index is 5.52. The fraction of sp³-hybridized carbons (Fsp3) is 0.127. The van der Waals surface area contributed by atoms with Crippen LogP contribution in [0.3, 0.4) is 0 Å². The average molecular weight is 874 g/mol. The Bertz CT molecular complexity index is 4220. The van der Waals surface area contributed by atoms with Crippen molar-refractivity contribution in [1.29, 1.82) is 0 Å². The van der Waals surface area contributed by atoms with Crippen molar-refractivity contribution in [2.24, 2.45) is 0 Å². The van der Waals surface area contributed by atoms with Gasteiger partial charge in [-0.05, 0) is 126 Å². The molecule has 0 atom stereocenters. The van der Waals surface area contributed by atoms with E-state index in [2.05, 4.69) is 219 Å². The van der Waals surface area contributed by atoms with Crippen LogP contribution in [0, 0.1) is 0 Å². The fourth-order valence-electron chi connectivity index (χ4n) is 11.9. The molecule has 3 heterocycles. The van der Waals surface area contributed by atoms with Crippen molar-refractivity contribution >= 4 is 86.7 Å². The molecule has 0 saturated heterocycles. The van der Waals surface area contributed by atoms with Crippen LogP contribution in [0.4, 0.5) is 0 Å². The Morgan fingerprint density at radius 1 is 0.353 bits per heavy atom. The maximum atomic E-state index is 5.52. The predicted octanol–water partition coefficient (Wildman–Crippen LogP) is 16.4. The minimum atomic E-state index is 0.0338. The van der Waals surface area contributed by atoms with Gasteiger partial charge in [-0.1, -0.05) is 167 Å². The monoisotopic (exact) mass is 873 g/mol. The first-order valence-corrected chi connectivity index (χ1v) is 23.9. The van der Waals surface area contributed by atoms with E-state index in [-0.39, 0.29) is 10.8 Å². The van der Waals surface area contributed by atoms with Crippen LogP contribution in [0.1, 0.15) is 51.7 Å². The molecule has 0 amide bonds. The molecule has 68 heavy (non-hydrogen) atoms. The molecular weight excluding hydrogens is 827 g/mol. The topological polar surface area (TPSA) is 48.5 Å². The summed E-state index contributed by atoms with van der Waals surface area (Å²) in [5.41, 5.74) is 10.5. The van der Waals surface area contributed by atoms with Gasteiger partial charge >= 0.3 is 0 Å². The van der Waals surface area contributed by atoms with Crippen LogP contribution in [-0.4, -0.2) is 24.1 Å². The summed E-state index contributed by atoms with van der Waals surface area (Å²) in [5, 5.41) is 14.6. The van der Waals surface area contributed by atoms with E-state index in [1.165, 1.54) is 86.8 Å². The van der Waals surface area contributed by atoms with Crippen molar-refractivity contribution in [1.82, 2.24) is 24.1 Å². The molecule has 5 nitrogen and oxygen atoms in total. The van der Waals surface area contributed by atoms with Crippen LogP contribution in [0.2, 0.25) is 0 Å². The van der Waals surface area contributed by atoms with E-state index >= 15 is 0 Å². The molecule has 324 valence electrons. The second kappa shape index (κ2) is 14.2. The Morgan fingerprint density at radius 3 is 1.53 bits per heavy atom. The van der Waals surface area contributed by atoms with Gasteiger partial charge in [-0.15, -0.1) is 0 Å². The molecule has 1 aliphatic carbocycles. The highest BCUT2D eigenvalue weighted by atomic mass is 15.2. The van der Waals surface area contributed by atoms with Crippen LogP contribution in [-0.2, 0) is 10.8 Å². The smallest absolute Gasteiger partial charge is 0.238 e. The number of hydrogen-bond donors (Lipinski definition) is 0. The Labute approximate surface area is 394 Å². The van der Waals surface area contributed by atoms with Crippen molar-refractivity contribution < 1.29 is 0 Å². The van der Waals surface area contributed by atoms with Crippen LogP contribution in [0.25, 0.3) is 121 Å². The van der Waals surface area contributed by atoms with E-state index < -0.39 is 0 Å². The van der Waals surface area contributed by atoms with Gasteiger partial charge in [-0.25, -0.2) is 4.98 Å². The number of hydrogen-bond acceptors (Lipinski definition) is 3. The van der Waals surface area contributed by atoms with Crippen LogP contribution in [0.15, 0.2) is 188 Å². The SMILES string of the molecule is CC1(C)CCC(C)(C)c2cc3c(cc21)c1c2c4c5ccccc5ccc4n(-c4nc(-c5ccccc5)nc(-c5ccc6c7ccccc7c7ccccc7c6c5)n4)c2ccc1n3-c1ccccc1. The standard InChI is InChI=1S/C63H47N5/c1-62(2)33-34-63(3,4)51-37-55-49(36-50(51)62)57-52(67(55)41-20-9-6-10-21-41)31-32-54-58(57)56-42-22-12-11-17-38(42)28-30-53(56)68(54)61-65-59(39-18-7-5-8-19-39)64-60(66-61)40-27-29-47-45-25-14-13-23-43(45)44-24-15-16-26-46(44)48(47)35-40/h5-32,35-37H,33-34H2,1-4H3. The molecular formula is C63H47N5. The third-order valence-corrected chi connectivity index (χ3v) is 15.4. The summed E-state index contributed by atoms with van der Waals surface area (Å²) in [4.78, 5) is 16.3. The van der Waals surface area contributed by atoms with E-state index in [0.717, 1.165) is 40.7 Å². The minimum absolute atomic E-state index is 0.0338. The Balaban J connectivity index is 1.12. The summed E-state index contributed by atoms with van der Waals surface area (Å²) in [7, 11) is 0. The molecule has 3 aromatic heterocycles. The summed E-state index contributed by atoms with van der Waals surface area (Å²) in [6.45, 7) is 9.71. The normalized spacial score (nSPS) is 14.6. The zero-order chi connectivity index (χ0) is 45.5. The van der Waals surface area contributed by atoms with Gasteiger partial charge < -0.3 is 4.57 Å². The van der Waals surface area contributed by atoms with Crippen LogP contribution in [0.5, 0.6) is 0 Å². The maximum Gasteiger partial charge on any atom is 0.238 e. The summed E-state index contributed by atoms with van der Waals surface area (Å²) in [6, 6.07) is 68.4. The largest absolute Gasteiger partial charge is 0.309 e. The van der Waals surface area contributed by atoms with Crippen molar-refractivity contribution in [3.63, 3.8) is 0 Å². The lowest BCUT2D eigenvalue weighted by Gasteiger charge is -2.42. The molecule has 1 aliphatic rings. The van der Waals surface area contributed by atoms with Crippen LogP contribution < -0.4 is 0 Å². The van der Waals surface area contributed by atoms with E-state index in [1.807, 2.05) is 6.07 Å². The second-order valence-corrected chi connectivity index (χ2v) is 20.2. The molecule has 0 spiro atoms. The Kier molecular flexibility index (Phi) is 8.14. The molecule has 0 saturated carbocycles. The lowest BCUT2D eigenvalue weighted by Crippen LogP contribution is -2.33. The predicted molar refractivity (Wildman–Crippen MR) is 285 cm³/mol. The zero-order valence-electron chi connectivity index (χ0n) is 38.5. The first-order valence-electron chi connectivity index (χ1n) is 23.9. The summed E-state index contributed by atoms with van der Waals surface area (Å²) in [5.74, 6) is 1.84. The molecule has 0 unspecified atom stereocenters. The van der Waals surface area contributed by atoms with Gasteiger partial charge in [-0.2, -0.15) is 9.97 Å². The van der Waals surface area contributed by atoms with Crippen molar-refractivity contribution in [2.45, 2.75) is 51.4 Å². The first kappa shape index (κ1) is 39.1.